The first kappa shape index (κ1) is 14.7. The standard InChI is InChI=1S/C16H16N2O3S/c1-16(15(20)18(2)10-11-6-5-9-21-11)14(19)17-12-7-3-4-8-13(12)22-16/h3-9H,10H2,1-2H3,(H,17,19). The quantitative estimate of drug-likeness (QED) is 0.885. The van der Waals surface area contributed by atoms with Crippen LogP contribution in [-0.4, -0.2) is 28.5 Å². The number of furan rings is 1. The van der Waals surface area contributed by atoms with Crippen molar-refractivity contribution < 1.29 is 14.0 Å². The van der Waals surface area contributed by atoms with Crippen LogP contribution in [-0.2, 0) is 16.1 Å². The minimum Gasteiger partial charge on any atom is -0.467 e. The van der Waals surface area contributed by atoms with E-state index in [-0.39, 0.29) is 11.8 Å². The lowest BCUT2D eigenvalue weighted by atomic mass is 10.1. The predicted octanol–water partition coefficient (Wildman–Crippen LogP) is 2.74. The van der Waals surface area contributed by atoms with Crippen molar-refractivity contribution in [2.75, 3.05) is 12.4 Å². The topological polar surface area (TPSA) is 62.6 Å². The Balaban J connectivity index is 1.83. The van der Waals surface area contributed by atoms with Crippen molar-refractivity contribution >= 4 is 29.3 Å². The van der Waals surface area contributed by atoms with E-state index in [0.717, 1.165) is 10.6 Å². The number of carbonyl (C=O) groups excluding carboxylic acids is 2. The average molecular weight is 316 g/mol. The van der Waals surface area contributed by atoms with E-state index in [0.29, 0.717) is 12.3 Å². The van der Waals surface area contributed by atoms with Crippen LogP contribution in [0.4, 0.5) is 5.69 Å². The van der Waals surface area contributed by atoms with Gasteiger partial charge in [-0.05, 0) is 31.2 Å². The van der Waals surface area contributed by atoms with E-state index >= 15 is 0 Å². The van der Waals surface area contributed by atoms with Gasteiger partial charge in [0.05, 0.1) is 18.5 Å². The summed E-state index contributed by atoms with van der Waals surface area (Å²) in [5, 5.41) is 2.81. The highest BCUT2D eigenvalue weighted by Crippen LogP contribution is 2.43. The maximum absolute atomic E-state index is 12.8. The lowest BCUT2D eigenvalue weighted by molar-refractivity contribution is -0.137. The largest absolute Gasteiger partial charge is 0.467 e. The fourth-order valence-electron chi connectivity index (χ4n) is 2.38. The molecular formula is C16H16N2O3S. The third-order valence-corrected chi connectivity index (χ3v) is 4.95. The van der Waals surface area contributed by atoms with Gasteiger partial charge in [-0.3, -0.25) is 9.59 Å². The minimum atomic E-state index is -1.18. The molecule has 0 bridgehead atoms. The Morgan fingerprint density at radius 3 is 2.82 bits per heavy atom. The first-order valence-electron chi connectivity index (χ1n) is 6.88. The molecule has 0 aliphatic carbocycles. The molecule has 6 heteroatoms. The van der Waals surface area contributed by atoms with Crippen LogP contribution in [0.3, 0.4) is 0 Å². The molecule has 1 N–H and O–H groups in total. The number of rotatable bonds is 3. The van der Waals surface area contributed by atoms with Gasteiger partial charge >= 0.3 is 0 Å². The minimum absolute atomic E-state index is 0.249. The third kappa shape index (κ3) is 2.50. The number of nitrogens with one attached hydrogen (secondary N) is 1. The monoisotopic (exact) mass is 316 g/mol. The van der Waals surface area contributed by atoms with Crippen molar-refractivity contribution in [3.8, 4) is 0 Å². The zero-order chi connectivity index (χ0) is 15.7. The summed E-state index contributed by atoms with van der Waals surface area (Å²) in [6, 6.07) is 11.0. The zero-order valence-corrected chi connectivity index (χ0v) is 13.1. The van der Waals surface area contributed by atoms with Gasteiger partial charge in [0, 0.05) is 11.9 Å². The first-order valence-corrected chi connectivity index (χ1v) is 7.70. The summed E-state index contributed by atoms with van der Waals surface area (Å²) in [5.41, 5.74) is 0.747. The van der Waals surface area contributed by atoms with Crippen LogP contribution in [0.2, 0.25) is 0 Å². The lowest BCUT2D eigenvalue weighted by Crippen LogP contribution is -2.52. The molecule has 0 fully saturated rings. The van der Waals surface area contributed by atoms with E-state index in [1.807, 2.05) is 24.3 Å². The molecule has 1 unspecified atom stereocenters. The molecule has 0 radical (unpaired) electrons. The summed E-state index contributed by atoms with van der Waals surface area (Å²) < 4.78 is 4.07. The fraction of sp³-hybridized carbons (Fsp3) is 0.250. The molecule has 0 saturated carbocycles. The number of thioether (sulfide) groups is 1. The van der Waals surface area contributed by atoms with Crippen molar-refractivity contribution in [2.24, 2.45) is 0 Å². The third-order valence-electron chi connectivity index (χ3n) is 3.61. The summed E-state index contributed by atoms with van der Waals surface area (Å²) in [5.74, 6) is 0.134. The van der Waals surface area contributed by atoms with Crippen molar-refractivity contribution in [3.05, 3.63) is 48.4 Å². The number of nitrogens with zero attached hydrogens (tertiary/aromatic N) is 1. The van der Waals surface area contributed by atoms with Crippen molar-refractivity contribution in [3.63, 3.8) is 0 Å². The van der Waals surface area contributed by atoms with Crippen LogP contribution in [0.1, 0.15) is 12.7 Å². The summed E-state index contributed by atoms with van der Waals surface area (Å²) in [7, 11) is 1.67. The Morgan fingerprint density at radius 1 is 1.32 bits per heavy atom. The van der Waals surface area contributed by atoms with Crippen LogP contribution < -0.4 is 5.32 Å². The Hall–Kier alpha value is -2.21. The number of anilines is 1. The van der Waals surface area contributed by atoms with E-state index in [9.17, 15) is 9.59 Å². The van der Waals surface area contributed by atoms with Gasteiger partial charge in [-0.15, -0.1) is 0 Å². The molecule has 0 spiro atoms. The molecule has 22 heavy (non-hydrogen) atoms. The zero-order valence-electron chi connectivity index (χ0n) is 12.3. The van der Waals surface area contributed by atoms with Gasteiger partial charge in [0.1, 0.15) is 5.76 Å². The van der Waals surface area contributed by atoms with Crippen LogP contribution in [0.25, 0.3) is 0 Å². The van der Waals surface area contributed by atoms with Gasteiger partial charge in [0.25, 0.3) is 0 Å². The highest BCUT2D eigenvalue weighted by Gasteiger charge is 2.47. The van der Waals surface area contributed by atoms with E-state index in [4.69, 9.17) is 4.42 Å². The number of amides is 2. The molecule has 2 aromatic rings. The molecule has 1 aromatic heterocycles. The van der Waals surface area contributed by atoms with E-state index in [2.05, 4.69) is 5.32 Å². The van der Waals surface area contributed by atoms with Crippen LogP contribution in [0.5, 0.6) is 0 Å². The summed E-state index contributed by atoms with van der Waals surface area (Å²) in [6.07, 6.45) is 1.56. The fourth-order valence-corrected chi connectivity index (χ4v) is 3.58. The Labute approximate surface area is 132 Å². The maximum Gasteiger partial charge on any atom is 0.250 e. The second-order valence-electron chi connectivity index (χ2n) is 5.33. The van der Waals surface area contributed by atoms with Crippen molar-refractivity contribution in [1.82, 2.24) is 4.90 Å². The Bertz CT molecular complexity index is 714. The predicted molar refractivity (Wildman–Crippen MR) is 84.5 cm³/mol. The van der Waals surface area contributed by atoms with Gasteiger partial charge in [0.2, 0.25) is 11.8 Å². The van der Waals surface area contributed by atoms with Crippen molar-refractivity contribution in [2.45, 2.75) is 23.1 Å². The van der Waals surface area contributed by atoms with E-state index in [1.165, 1.54) is 16.7 Å². The Kier molecular flexibility index (Phi) is 3.70. The van der Waals surface area contributed by atoms with Gasteiger partial charge in [-0.1, -0.05) is 23.9 Å². The number of benzene rings is 1. The molecule has 2 heterocycles. The maximum atomic E-state index is 12.8. The Morgan fingerprint density at radius 2 is 2.09 bits per heavy atom. The SMILES string of the molecule is CN(Cc1ccco1)C(=O)C1(C)Sc2ccccc2NC1=O. The highest BCUT2D eigenvalue weighted by molar-refractivity contribution is 8.02. The molecule has 114 valence electrons. The normalized spacial score (nSPS) is 20.2. The van der Waals surface area contributed by atoms with Crippen LogP contribution >= 0.6 is 11.8 Å². The highest BCUT2D eigenvalue weighted by atomic mass is 32.2. The number of hydrogen-bond donors (Lipinski definition) is 1. The molecule has 1 atom stereocenters. The summed E-state index contributed by atoms with van der Waals surface area (Å²) in [4.78, 5) is 27.6. The van der Waals surface area contributed by atoms with Crippen molar-refractivity contribution in [1.29, 1.82) is 0 Å². The number of para-hydroxylation sites is 1. The molecule has 1 aliphatic rings. The molecular weight excluding hydrogens is 300 g/mol. The number of fused-ring (bicyclic) bond motifs is 1. The average Bonchev–Trinajstić information content (AvgIpc) is 3.00. The second kappa shape index (κ2) is 5.53. The molecule has 1 aromatic carbocycles. The molecule has 0 saturated heterocycles. The number of carbonyl (C=O) groups is 2. The molecule has 5 nitrogen and oxygen atoms in total. The molecule has 1 aliphatic heterocycles. The molecule has 2 amide bonds. The molecule has 3 rings (SSSR count). The second-order valence-corrected chi connectivity index (χ2v) is 6.79. The van der Waals surface area contributed by atoms with Gasteiger partial charge in [0.15, 0.2) is 4.75 Å². The van der Waals surface area contributed by atoms with E-state index < -0.39 is 4.75 Å². The lowest BCUT2D eigenvalue weighted by Gasteiger charge is -2.34. The smallest absolute Gasteiger partial charge is 0.250 e. The van der Waals surface area contributed by atoms with Crippen LogP contribution in [0.15, 0.2) is 52.0 Å². The number of hydrogen-bond acceptors (Lipinski definition) is 4. The van der Waals surface area contributed by atoms with Gasteiger partial charge < -0.3 is 14.6 Å². The van der Waals surface area contributed by atoms with Gasteiger partial charge in [-0.25, -0.2) is 0 Å². The first-order chi connectivity index (χ1) is 10.5. The van der Waals surface area contributed by atoms with Crippen LogP contribution in [0, 0.1) is 0 Å². The summed E-state index contributed by atoms with van der Waals surface area (Å²) in [6.45, 7) is 1.99. The van der Waals surface area contributed by atoms with E-state index in [1.54, 1.807) is 32.4 Å². The van der Waals surface area contributed by atoms with Gasteiger partial charge in [-0.2, -0.15) is 0 Å². The summed E-state index contributed by atoms with van der Waals surface area (Å²) >= 11 is 1.28.